The van der Waals surface area contributed by atoms with Gasteiger partial charge in [0.05, 0.1) is 20.3 Å². The lowest BCUT2D eigenvalue weighted by Crippen LogP contribution is -2.17. The molecule has 1 fully saturated rings. The van der Waals surface area contributed by atoms with Crippen molar-refractivity contribution >= 4 is 0 Å². The maximum absolute atomic E-state index is 9.36. The molecule has 1 aromatic rings. The summed E-state index contributed by atoms with van der Waals surface area (Å²) in [5, 5.41) is 9.36. The third-order valence-corrected chi connectivity index (χ3v) is 5.83. The minimum absolute atomic E-state index is 0.176. The van der Waals surface area contributed by atoms with Crippen LogP contribution in [0, 0.1) is 5.92 Å². The van der Waals surface area contributed by atoms with E-state index in [-0.39, 0.29) is 12.2 Å². The van der Waals surface area contributed by atoms with Crippen molar-refractivity contribution < 1.29 is 14.6 Å². The Morgan fingerprint density at radius 2 is 2.12 bits per heavy atom. The number of hydrogen-bond acceptors (Lipinski definition) is 3. The van der Waals surface area contributed by atoms with Gasteiger partial charge in [-0.1, -0.05) is 32.8 Å². The molecular formula is C21H32O3. The first-order valence-corrected chi connectivity index (χ1v) is 9.51. The summed E-state index contributed by atoms with van der Waals surface area (Å²) in [5.74, 6) is 2.29. The van der Waals surface area contributed by atoms with Crippen LogP contribution in [-0.4, -0.2) is 31.0 Å². The zero-order chi connectivity index (χ0) is 17.2. The molecule has 1 aromatic carbocycles. The van der Waals surface area contributed by atoms with E-state index in [1.165, 1.54) is 42.4 Å². The van der Waals surface area contributed by atoms with E-state index in [1.54, 1.807) is 7.11 Å². The minimum Gasteiger partial charge on any atom is -0.496 e. The predicted octanol–water partition coefficient (Wildman–Crippen LogP) is 4.25. The Bertz CT molecular complexity index is 560. The van der Waals surface area contributed by atoms with E-state index in [2.05, 4.69) is 26.0 Å². The van der Waals surface area contributed by atoms with Gasteiger partial charge in [0.25, 0.3) is 0 Å². The van der Waals surface area contributed by atoms with Gasteiger partial charge in [-0.15, -0.1) is 0 Å². The smallest absolute Gasteiger partial charge is 0.122 e. The quantitative estimate of drug-likeness (QED) is 0.600. The summed E-state index contributed by atoms with van der Waals surface area (Å²) in [6, 6.07) is 4.68. The number of epoxide rings is 1. The molecule has 3 nitrogen and oxygen atoms in total. The molecule has 24 heavy (non-hydrogen) atoms. The second-order valence-electron chi connectivity index (χ2n) is 8.00. The van der Waals surface area contributed by atoms with Gasteiger partial charge in [0.15, 0.2) is 0 Å². The zero-order valence-corrected chi connectivity index (χ0v) is 15.4. The van der Waals surface area contributed by atoms with E-state index in [9.17, 15) is 5.11 Å². The predicted molar refractivity (Wildman–Crippen MR) is 96.8 cm³/mol. The number of ether oxygens (including phenoxy) is 2. The van der Waals surface area contributed by atoms with Gasteiger partial charge in [0, 0.05) is 0 Å². The Morgan fingerprint density at radius 1 is 1.33 bits per heavy atom. The zero-order valence-electron chi connectivity index (χ0n) is 15.4. The van der Waals surface area contributed by atoms with E-state index < -0.39 is 0 Å². The van der Waals surface area contributed by atoms with Crippen LogP contribution < -0.4 is 4.74 Å². The molecule has 1 N–H and O–H groups in total. The summed E-state index contributed by atoms with van der Waals surface area (Å²) in [5.41, 5.74) is 4.17. The Hall–Kier alpha value is -1.06. The van der Waals surface area contributed by atoms with Crippen molar-refractivity contribution in [3.63, 3.8) is 0 Å². The summed E-state index contributed by atoms with van der Waals surface area (Å²) < 4.78 is 11.1. The maximum Gasteiger partial charge on any atom is 0.122 e. The third kappa shape index (κ3) is 3.94. The third-order valence-electron chi connectivity index (χ3n) is 5.83. The average Bonchev–Trinajstić information content (AvgIpc) is 3.37. The lowest BCUT2D eigenvalue weighted by atomic mass is 9.89. The van der Waals surface area contributed by atoms with Gasteiger partial charge in [0.1, 0.15) is 11.4 Å². The van der Waals surface area contributed by atoms with E-state index in [1.807, 2.05) is 0 Å². The number of aryl methyl sites for hydroxylation is 1. The molecule has 1 heterocycles. The van der Waals surface area contributed by atoms with Crippen LogP contribution in [0.15, 0.2) is 12.1 Å². The fourth-order valence-electron chi connectivity index (χ4n) is 4.11. The van der Waals surface area contributed by atoms with E-state index in [0.29, 0.717) is 5.92 Å². The fraction of sp³-hybridized carbons (Fsp3) is 0.714. The van der Waals surface area contributed by atoms with Crippen molar-refractivity contribution in [1.82, 2.24) is 0 Å². The van der Waals surface area contributed by atoms with Crippen molar-refractivity contribution in [1.29, 1.82) is 0 Å². The Labute approximate surface area is 146 Å². The van der Waals surface area contributed by atoms with Crippen LogP contribution in [-0.2, 0) is 17.6 Å². The normalized spacial score (nSPS) is 26.1. The molecular weight excluding hydrogens is 300 g/mol. The number of aliphatic hydroxyl groups excluding tert-OH is 1. The van der Waals surface area contributed by atoms with Crippen LogP contribution in [0.4, 0.5) is 0 Å². The molecule has 0 aromatic heterocycles. The van der Waals surface area contributed by atoms with Gasteiger partial charge >= 0.3 is 0 Å². The second-order valence-corrected chi connectivity index (χ2v) is 8.00. The molecule has 1 aliphatic heterocycles. The Morgan fingerprint density at radius 3 is 2.75 bits per heavy atom. The number of benzene rings is 1. The summed E-state index contributed by atoms with van der Waals surface area (Å²) in [4.78, 5) is 0. The largest absolute Gasteiger partial charge is 0.496 e. The standard InChI is InChI=1S/C21H32O3/c1-15(2)19-11-17-8-4-6-16(10-18(17)12-20(19)23-3)7-5-9-21(13-22)14-24-21/h11-12,15-16,22H,4-10,13-14H2,1-3H3. The van der Waals surface area contributed by atoms with Crippen LogP contribution in [0.25, 0.3) is 0 Å². The van der Waals surface area contributed by atoms with Gasteiger partial charge in [-0.3, -0.25) is 0 Å². The first-order chi connectivity index (χ1) is 11.6. The number of aliphatic hydroxyl groups is 1. The van der Waals surface area contributed by atoms with E-state index in [0.717, 1.165) is 37.5 Å². The van der Waals surface area contributed by atoms with Gasteiger partial charge < -0.3 is 14.6 Å². The van der Waals surface area contributed by atoms with E-state index >= 15 is 0 Å². The van der Waals surface area contributed by atoms with Gasteiger partial charge in [-0.05, 0) is 66.7 Å². The van der Waals surface area contributed by atoms with Crippen molar-refractivity contribution in [2.75, 3.05) is 20.3 Å². The Balaban J connectivity index is 1.66. The van der Waals surface area contributed by atoms with Crippen molar-refractivity contribution in [2.45, 2.75) is 70.3 Å². The number of rotatable bonds is 7. The van der Waals surface area contributed by atoms with E-state index in [4.69, 9.17) is 9.47 Å². The first kappa shape index (κ1) is 17.8. The monoisotopic (exact) mass is 332 g/mol. The summed E-state index contributed by atoms with van der Waals surface area (Å²) in [6.07, 6.45) is 8.34. The van der Waals surface area contributed by atoms with Crippen LogP contribution in [0.5, 0.6) is 5.75 Å². The Kier molecular flexibility index (Phi) is 5.51. The van der Waals surface area contributed by atoms with Crippen LogP contribution in [0.3, 0.4) is 0 Å². The molecule has 0 amide bonds. The van der Waals surface area contributed by atoms with Crippen LogP contribution in [0.2, 0.25) is 0 Å². The number of methoxy groups -OCH3 is 1. The molecule has 0 bridgehead atoms. The summed E-state index contributed by atoms with van der Waals surface area (Å²) >= 11 is 0. The second kappa shape index (κ2) is 7.45. The maximum atomic E-state index is 9.36. The summed E-state index contributed by atoms with van der Waals surface area (Å²) in [7, 11) is 1.78. The average molecular weight is 332 g/mol. The van der Waals surface area contributed by atoms with Crippen LogP contribution in [0.1, 0.15) is 68.6 Å². The topological polar surface area (TPSA) is 42.0 Å². The number of fused-ring (bicyclic) bond motifs is 1. The molecule has 3 heteroatoms. The van der Waals surface area contributed by atoms with Crippen molar-refractivity contribution in [3.05, 3.63) is 28.8 Å². The highest BCUT2D eigenvalue weighted by atomic mass is 16.6. The molecule has 134 valence electrons. The minimum atomic E-state index is -0.183. The van der Waals surface area contributed by atoms with Crippen molar-refractivity contribution in [2.24, 2.45) is 5.92 Å². The molecule has 2 atom stereocenters. The SMILES string of the molecule is COc1cc2c(cc1C(C)C)CCCC(CCCC1(CO)CO1)C2. The molecule has 1 aliphatic carbocycles. The lowest BCUT2D eigenvalue weighted by molar-refractivity contribution is 0.159. The van der Waals surface area contributed by atoms with Crippen molar-refractivity contribution in [3.8, 4) is 5.75 Å². The van der Waals surface area contributed by atoms with Crippen LogP contribution >= 0.6 is 0 Å². The molecule has 3 rings (SSSR count). The summed E-state index contributed by atoms with van der Waals surface area (Å²) in [6.45, 7) is 5.39. The fourth-order valence-corrected chi connectivity index (χ4v) is 4.11. The molecule has 0 saturated carbocycles. The first-order valence-electron chi connectivity index (χ1n) is 9.51. The molecule has 0 radical (unpaired) electrons. The number of hydrogen-bond donors (Lipinski definition) is 1. The lowest BCUT2D eigenvalue weighted by Gasteiger charge is -2.18. The van der Waals surface area contributed by atoms with Gasteiger partial charge in [-0.25, -0.2) is 0 Å². The van der Waals surface area contributed by atoms with Gasteiger partial charge in [-0.2, -0.15) is 0 Å². The molecule has 0 spiro atoms. The highest BCUT2D eigenvalue weighted by molar-refractivity contribution is 5.45. The van der Waals surface area contributed by atoms with Gasteiger partial charge in [0.2, 0.25) is 0 Å². The highest BCUT2D eigenvalue weighted by Gasteiger charge is 2.43. The molecule has 2 aliphatic rings. The molecule has 2 unspecified atom stereocenters. The highest BCUT2D eigenvalue weighted by Crippen LogP contribution is 2.37. The molecule has 1 saturated heterocycles.